The fourth-order valence-corrected chi connectivity index (χ4v) is 17.5. The van der Waals surface area contributed by atoms with Gasteiger partial charge in [0.2, 0.25) is 21.8 Å². The molecule has 8 aromatic carbocycles. The zero-order valence-electron chi connectivity index (χ0n) is 73.2. The number of nitrogens with zero attached hydrogens (tertiary/aromatic N) is 20. The minimum atomic E-state index is -3.49. The Hall–Kier alpha value is -16.6. The molecule has 4 saturated heterocycles. The maximum Gasteiger partial charge on any atom is 0.298 e. The zero-order chi connectivity index (χ0) is 92.8. The Balaban J connectivity index is 0.000000124. The molecule has 8 N–H and O–H groups in total. The fourth-order valence-electron chi connectivity index (χ4n) is 16.6. The third-order valence-corrected chi connectivity index (χ3v) is 24.7. The number of benzene rings is 8. The first-order valence-electron chi connectivity index (χ1n) is 43.4. The van der Waals surface area contributed by atoms with E-state index in [1.165, 1.54) is 29.6 Å². The molecule has 3 atom stereocenters. The van der Waals surface area contributed by atoms with E-state index in [2.05, 4.69) is 52.4 Å². The summed E-state index contributed by atoms with van der Waals surface area (Å²) >= 11 is 0. The van der Waals surface area contributed by atoms with Gasteiger partial charge in [0.1, 0.15) is 117 Å². The molecular weight excluding hydrogens is 1720 g/mol. The number of terminal acetylenes is 1. The van der Waals surface area contributed by atoms with Gasteiger partial charge < -0.3 is 61.3 Å². The van der Waals surface area contributed by atoms with E-state index in [1.807, 2.05) is 249 Å². The summed E-state index contributed by atoms with van der Waals surface area (Å²) in [6.45, 7) is 9.94. The van der Waals surface area contributed by atoms with Gasteiger partial charge in [-0.15, -0.1) is 6.42 Å². The highest BCUT2D eigenvalue weighted by molar-refractivity contribution is 7.92. The van der Waals surface area contributed by atoms with Crippen LogP contribution in [0.5, 0.6) is 46.0 Å². The molecule has 676 valence electrons. The second kappa shape index (κ2) is 40.6. The van der Waals surface area contributed by atoms with Crippen LogP contribution in [0.25, 0.3) is 89.2 Å². The number of hydrogen-bond donors (Lipinski definition) is 4. The van der Waals surface area contributed by atoms with Crippen molar-refractivity contribution in [2.75, 3.05) is 89.0 Å². The van der Waals surface area contributed by atoms with Gasteiger partial charge in [-0.25, -0.2) is 67.0 Å². The van der Waals surface area contributed by atoms with Crippen molar-refractivity contribution in [3.63, 3.8) is 0 Å². The molecule has 35 heteroatoms. The molecule has 4 aliphatic heterocycles. The smallest absolute Gasteiger partial charge is 0.298 e. The van der Waals surface area contributed by atoms with Crippen LogP contribution in [0.15, 0.2) is 280 Å². The van der Waals surface area contributed by atoms with Crippen LogP contribution in [-0.4, -0.2) is 190 Å². The largest absolute Gasteiger partial charge is 0.457 e. The van der Waals surface area contributed by atoms with Crippen molar-refractivity contribution >= 4 is 95.1 Å². The van der Waals surface area contributed by atoms with Crippen LogP contribution in [0.4, 0.5) is 23.3 Å². The number of hydrogen-bond acceptors (Lipinski definition) is 26. The monoisotopic (exact) mass is 1810 g/mol. The van der Waals surface area contributed by atoms with Gasteiger partial charge in [0.05, 0.1) is 52.3 Å². The predicted molar refractivity (Wildman–Crippen MR) is 511 cm³/mol. The third kappa shape index (κ3) is 19.9. The number of methoxy groups -OCH3 is 1. The van der Waals surface area contributed by atoms with E-state index in [-0.39, 0.29) is 41.9 Å². The molecule has 0 saturated carbocycles. The number of anilines is 4. The van der Waals surface area contributed by atoms with E-state index in [0.29, 0.717) is 150 Å². The Morgan fingerprint density at radius 3 is 0.985 bits per heavy atom. The van der Waals surface area contributed by atoms with Crippen LogP contribution < -0.4 is 41.9 Å². The molecule has 4 aliphatic rings. The first-order valence-corrected chi connectivity index (χ1v) is 44.9. The number of likely N-dealkylation sites (tertiary alicyclic amines) is 3. The Bertz CT molecular complexity index is 7120. The van der Waals surface area contributed by atoms with Gasteiger partial charge in [-0.3, -0.25) is 14.4 Å². The summed E-state index contributed by atoms with van der Waals surface area (Å²) in [6.07, 6.45) is 21.3. The summed E-state index contributed by atoms with van der Waals surface area (Å²) in [6, 6.07) is 68.9. The van der Waals surface area contributed by atoms with Crippen molar-refractivity contribution < 1.29 is 46.5 Å². The molecule has 134 heavy (non-hydrogen) atoms. The summed E-state index contributed by atoms with van der Waals surface area (Å²) < 4.78 is 61.8. The van der Waals surface area contributed by atoms with E-state index >= 15 is 0 Å². The molecule has 34 nitrogen and oxygen atoms in total. The van der Waals surface area contributed by atoms with Gasteiger partial charge >= 0.3 is 0 Å². The molecular formula is C99H94N24O10S. The van der Waals surface area contributed by atoms with Crippen LogP contribution >= 0.6 is 0 Å². The van der Waals surface area contributed by atoms with Crippen molar-refractivity contribution in [2.24, 2.45) is 0 Å². The van der Waals surface area contributed by atoms with Crippen LogP contribution in [-0.2, 0) is 29.1 Å². The number of aromatic nitrogens is 16. The van der Waals surface area contributed by atoms with E-state index in [0.717, 1.165) is 105 Å². The Kier molecular flexibility index (Phi) is 27.1. The second-order valence-electron chi connectivity index (χ2n) is 31.8. The van der Waals surface area contributed by atoms with Crippen molar-refractivity contribution in [1.82, 2.24) is 98.0 Å². The summed E-state index contributed by atoms with van der Waals surface area (Å²) in [4.78, 5) is 76.5. The van der Waals surface area contributed by atoms with Crippen LogP contribution in [0.2, 0.25) is 0 Å². The second-order valence-corrected chi connectivity index (χ2v) is 33.6. The summed E-state index contributed by atoms with van der Waals surface area (Å²) in [7, 11) is -1.90. The fraction of sp³-hybridized carbons (Fsp3) is 0.202. The average Bonchev–Trinajstić information content (AvgIpc) is 1.63. The summed E-state index contributed by atoms with van der Waals surface area (Å²) in [5.74, 6) is 9.27. The number of sulfonamides is 1. The highest BCUT2D eigenvalue weighted by Crippen LogP contribution is 2.42. The molecule has 0 radical (unpaired) electrons. The predicted octanol–water partition coefficient (Wildman–Crippen LogP) is 15.3. The molecule has 3 amide bonds. The number of nitrogens with two attached hydrogens (primary N) is 4. The van der Waals surface area contributed by atoms with Gasteiger partial charge in [-0.05, 0) is 197 Å². The Morgan fingerprint density at radius 2 is 0.679 bits per heavy atom. The number of fused-ring (bicyclic) bond motifs is 4. The SMILES string of the molecule is C#CC(=O)N1CCC(n2nc(-c3ccc(Oc4ccccc4)cc3)c3c(N)ncnc32)CC1.C/C=C/C(=O)N1CCC(n2nc(-c3ccc(Oc4ccccc4)cc3)c3c(N)ncnc32)C1.C=CS(=O)(=O)N1CCC(n2nc(-c3ccc(Oc4ccccc4)cc3)c3c(N)ncnc32)C1.COC/C=C/C(=O)N1CCC(n2nc(-c3ccc(Oc4ccccc4)cc3)c3c(N)ncnc32)C1. The molecule has 3 unspecified atom stereocenters. The van der Waals surface area contributed by atoms with Crippen molar-refractivity contribution in [3.05, 3.63) is 280 Å². The van der Waals surface area contributed by atoms with Crippen LogP contribution in [0.1, 0.15) is 63.2 Å². The zero-order valence-corrected chi connectivity index (χ0v) is 74.0. The van der Waals surface area contributed by atoms with Crippen molar-refractivity contribution in [2.45, 2.75) is 63.2 Å². The maximum absolute atomic E-state index is 12.5. The van der Waals surface area contributed by atoms with E-state index in [4.69, 9.17) is 73.4 Å². The Labute approximate surface area is 770 Å². The Morgan fingerprint density at radius 1 is 0.396 bits per heavy atom. The van der Waals surface area contributed by atoms with Crippen LogP contribution in [0, 0.1) is 12.3 Å². The molecule has 20 rings (SSSR count). The molecule has 16 aromatic rings. The molecule has 4 fully saturated rings. The molecule has 0 spiro atoms. The number of para-hydroxylation sites is 4. The third-order valence-electron chi connectivity index (χ3n) is 23.2. The first-order chi connectivity index (χ1) is 65.4. The topological polar surface area (TPSA) is 423 Å². The van der Waals surface area contributed by atoms with Gasteiger partial charge in [-0.1, -0.05) is 91.5 Å². The van der Waals surface area contributed by atoms with Gasteiger partial charge in [0.25, 0.3) is 5.91 Å². The standard InChI is InChI=1S/C26H26N6O3.C25H22N6O2.C25H24N6O2.C23H22N6O3S/c1-34-15-5-8-22(33)31-14-13-19(16-31)32-26-23(25(27)28-17-29-26)24(30-32)18-9-11-21(12-10-18)35-20-6-3-2-4-7-20;1-2-21(32)30-14-12-18(13-15-30)31-25-22(24(26)27-16-28-25)23(29-31)17-8-10-20(11-9-17)33-19-6-4-3-5-7-19;1-2-6-21(32)30-14-13-18(15-30)31-25-22(24(26)27-16-28-25)23(29-31)17-9-11-20(12-10-17)33-19-7-4-3-5-8-19;1-2-33(30,31)28-13-12-17(14-28)29-23-20(22(24)25-15-26-23)21(27-29)16-8-10-19(11-9-16)32-18-6-4-3-5-7-18/h2-12,17,19H,13-16H2,1H3,(H2,27,28,29);1,3-11,16,18H,12-15H2,(H2,26,27,28);2-12,16,18H,13-15H2,1H3,(H2,26,27,28);2-11,15,17H,1,12-14H2,(H2,24,25,26)/b8-5+;;6-2+;. The first kappa shape index (κ1) is 89.4. The van der Waals surface area contributed by atoms with Gasteiger partial charge in [-0.2, -0.15) is 24.7 Å². The van der Waals surface area contributed by atoms with Gasteiger partial charge in [0, 0.05) is 93.2 Å². The van der Waals surface area contributed by atoms with Gasteiger partial charge in [0.15, 0.2) is 22.6 Å². The van der Waals surface area contributed by atoms with Crippen molar-refractivity contribution in [3.8, 4) is 103 Å². The van der Waals surface area contributed by atoms with E-state index < -0.39 is 10.0 Å². The normalized spacial score (nSPS) is 15.7. The number of carbonyl (C=O) groups excluding carboxylic acids is 3. The maximum atomic E-state index is 12.5. The van der Waals surface area contributed by atoms with E-state index in [9.17, 15) is 22.8 Å². The average molecular weight is 1810 g/mol. The lowest BCUT2D eigenvalue weighted by atomic mass is 10.1. The molecule has 0 bridgehead atoms. The minimum Gasteiger partial charge on any atom is -0.457 e. The highest BCUT2D eigenvalue weighted by atomic mass is 32.2. The summed E-state index contributed by atoms with van der Waals surface area (Å²) in [5, 5.41) is 23.2. The van der Waals surface area contributed by atoms with E-state index in [1.54, 1.807) is 41.0 Å². The quantitative estimate of drug-likeness (QED) is 0.0361. The van der Waals surface area contributed by atoms with Crippen molar-refractivity contribution in [1.29, 1.82) is 0 Å². The lowest BCUT2D eigenvalue weighted by molar-refractivity contribution is -0.126. The highest BCUT2D eigenvalue weighted by Gasteiger charge is 2.36. The lowest BCUT2D eigenvalue weighted by Crippen LogP contribution is -2.38. The number of carbonyl (C=O) groups is 3. The number of allylic oxidation sites excluding steroid dienone is 1. The minimum absolute atomic E-state index is 0.0130. The molecule has 8 aromatic heterocycles. The number of rotatable bonds is 22. The number of amides is 3. The lowest BCUT2D eigenvalue weighted by Gasteiger charge is -2.30. The number of ether oxygens (including phenoxy) is 5. The van der Waals surface area contributed by atoms with Crippen LogP contribution in [0.3, 0.4) is 0 Å². The molecule has 0 aliphatic carbocycles. The summed E-state index contributed by atoms with van der Waals surface area (Å²) in [5.41, 5.74) is 33.8. The number of piperidine rings is 1. The number of nitrogen functional groups attached to an aromatic ring is 4. The molecule has 12 heterocycles.